The Bertz CT molecular complexity index is 658. The first kappa shape index (κ1) is 11.2. The summed E-state index contributed by atoms with van der Waals surface area (Å²) in [5, 5.41) is 1.93. The lowest BCUT2D eigenvalue weighted by Gasteiger charge is -2.06. The molecule has 0 spiro atoms. The number of fused-ring (bicyclic) bond motifs is 1. The molecular weight excluding hydrogens is 246 g/mol. The normalized spacial score (nSPS) is 10.7. The van der Waals surface area contributed by atoms with E-state index in [2.05, 4.69) is 4.98 Å². The van der Waals surface area contributed by atoms with Crippen molar-refractivity contribution in [2.75, 3.05) is 0 Å². The number of rotatable bonds is 3. The summed E-state index contributed by atoms with van der Waals surface area (Å²) >= 11 is 5.84. The third-order valence-electron chi connectivity index (χ3n) is 2.85. The molecule has 3 rings (SSSR count). The van der Waals surface area contributed by atoms with E-state index in [9.17, 15) is 0 Å². The number of aromatic nitrogens is 1. The molecule has 0 bridgehead atoms. The molecule has 2 nitrogen and oxygen atoms in total. The van der Waals surface area contributed by atoms with E-state index in [4.69, 9.17) is 16.3 Å². The molecular formula is C15H12ClNO. The molecule has 1 N–H and O–H groups in total. The molecule has 0 saturated carbocycles. The Balaban J connectivity index is 1.74. The second kappa shape index (κ2) is 4.75. The third kappa shape index (κ3) is 2.34. The Morgan fingerprint density at radius 3 is 2.67 bits per heavy atom. The van der Waals surface area contributed by atoms with Gasteiger partial charge in [-0.05, 0) is 41.3 Å². The van der Waals surface area contributed by atoms with Gasteiger partial charge in [0.05, 0.1) is 0 Å². The van der Waals surface area contributed by atoms with E-state index >= 15 is 0 Å². The molecule has 0 fully saturated rings. The van der Waals surface area contributed by atoms with Crippen molar-refractivity contribution >= 4 is 22.5 Å². The monoisotopic (exact) mass is 257 g/mol. The van der Waals surface area contributed by atoms with Crippen LogP contribution in [0.3, 0.4) is 0 Å². The fourth-order valence-corrected chi connectivity index (χ4v) is 1.99. The number of benzene rings is 2. The van der Waals surface area contributed by atoms with Crippen molar-refractivity contribution in [1.82, 2.24) is 4.98 Å². The van der Waals surface area contributed by atoms with Gasteiger partial charge in [0.1, 0.15) is 12.4 Å². The van der Waals surface area contributed by atoms with Crippen LogP contribution in [0, 0.1) is 0 Å². The standard InChI is InChI=1S/C15H12ClNO/c16-13-4-1-11(2-5-13)10-18-14-6-3-12-7-8-17-15(12)9-14/h1-9,17H,10H2. The van der Waals surface area contributed by atoms with Crippen LogP contribution in [-0.2, 0) is 6.61 Å². The van der Waals surface area contributed by atoms with E-state index in [1.807, 2.05) is 54.7 Å². The summed E-state index contributed by atoms with van der Waals surface area (Å²) in [6.07, 6.45) is 1.92. The van der Waals surface area contributed by atoms with Crippen LogP contribution in [0.15, 0.2) is 54.7 Å². The Labute approximate surface area is 110 Å². The van der Waals surface area contributed by atoms with E-state index in [0.29, 0.717) is 6.61 Å². The van der Waals surface area contributed by atoms with Crippen LogP contribution in [0.2, 0.25) is 5.02 Å². The molecule has 0 radical (unpaired) electrons. The maximum Gasteiger partial charge on any atom is 0.121 e. The summed E-state index contributed by atoms with van der Waals surface area (Å²) in [4.78, 5) is 3.17. The molecule has 90 valence electrons. The number of nitrogens with one attached hydrogen (secondary N) is 1. The van der Waals surface area contributed by atoms with E-state index in [1.165, 1.54) is 5.39 Å². The maximum absolute atomic E-state index is 5.84. The quantitative estimate of drug-likeness (QED) is 0.739. The van der Waals surface area contributed by atoms with Crippen LogP contribution in [0.4, 0.5) is 0 Å². The summed E-state index contributed by atoms with van der Waals surface area (Å²) in [6.45, 7) is 0.545. The van der Waals surface area contributed by atoms with E-state index in [0.717, 1.165) is 21.9 Å². The van der Waals surface area contributed by atoms with E-state index in [1.54, 1.807) is 0 Å². The van der Waals surface area contributed by atoms with Crippen LogP contribution >= 0.6 is 11.6 Å². The molecule has 0 saturated heterocycles. The Hall–Kier alpha value is -1.93. The van der Waals surface area contributed by atoms with Gasteiger partial charge in [0.15, 0.2) is 0 Å². The molecule has 3 aromatic rings. The average Bonchev–Trinajstić information content (AvgIpc) is 2.85. The van der Waals surface area contributed by atoms with Crippen molar-refractivity contribution < 1.29 is 4.74 Å². The van der Waals surface area contributed by atoms with Gasteiger partial charge in [-0.1, -0.05) is 23.7 Å². The van der Waals surface area contributed by atoms with Crippen LogP contribution in [-0.4, -0.2) is 4.98 Å². The number of aromatic amines is 1. The van der Waals surface area contributed by atoms with E-state index < -0.39 is 0 Å². The fourth-order valence-electron chi connectivity index (χ4n) is 1.86. The molecule has 1 heterocycles. The molecule has 1 aromatic heterocycles. The summed E-state index contributed by atoms with van der Waals surface area (Å²) in [5.74, 6) is 0.861. The highest BCUT2D eigenvalue weighted by Gasteiger charge is 1.99. The second-order valence-corrected chi connectivity index (χ2v) is 4.58. The highest BCUT2D eigenvalue weighted by atomic mass is 35.5. The molecule has 0 aliphatic heterocycles. The largest absolute Gasteiger partial charge is 0.489 e. The first-order valence-corrected chi connectivity index (χ1v) is 6.13. The second-order valence-electron chi connectivity index (χ2n) is 4.14. The van der Waals surface area contributed by atoms with Crippen molar-refractivity contribution in [3.63, 3.8) is 0 Å². The lowest BCUT2D eigenvalue weighted by atomic mass is 10.2. The Kier molecular flexibility index (Phi) is 2.95. The Morgan fingerprint density at radius 2 is 1.83 bits per heavy atom. The minimum absolute atomic E-state index is 0.545. The minimum atomic E-state index is 0.545. The van der Waals surface area contributed by atoms with Crippen molar-refractivity contribution in [2.45, 2.75) is 6.61 Å². The van der Waals surface area contributed by atoms with Gasteiger partial charge >= 0.3 is 0 Å². The highest BCUT2D eigenvalue weighted by molar-refractivity contribution is 6.30. The number of H-pyrrole nitrogens is 1. The van der Waals surface area contributed by atoms with Crippen LogP contribution in [0.5, 0.6) is 5.75 Å². The van der Waals surface area contributed by atoms with Gasteiger partial charge in [-0.2, -0.15) is 0 Å². The average molecular weight is 258 g/mol. The number of hydrogen-bond acceptors (Lipinski definition) is 1. The molecule has 18 heavy (non-hydrogen) atoms. The molecule has 0 atom stereocenters. The van der Waals surface area contributed by atoms with Crippen LogP contribution in [0.1, 0.15) is 5.56 Å². The van der Waals surface area contributed by atoms with Crippen molar-refractivity contribution in [3.8, 4) is 5.75 Å². The molecule has 0 unspecified atom stereocenters. The third-order valence-corrected chi connectivity index (χ3v) is 3.10. The van der Waals surface area contributed by atoms with Gasteiger partial charge in [0, 0.05) is 22.8 Å². The van der Waals surface area contributed by atoms with Crippen molar-refractivity contribution in [1.29, 1.82) is 0 Å². The van der Waals surface area contributed by atoms with Crippen LogP contribution in [0.25, 0.3) is 10.9 Å². The first-order chi connectivity index (χ1) is 8.81. The van der Waals surface area contributed by atoms with Gasteiger partial charge in [0.25, 0.3) is 0 Å². The van der Waals surface area contributed by atoms with Crippen molar-refractivity contribution in [2.24, 2.45) is 0 Å². The predicted molar refractivity (Wildman–Crippen MR) is 74.1 cm³/mol. The predicted octanol–water partition coefficient (Wildman–Crippen LogP) is 4.40. The topological polar surface area (TPSA) is 25.0 Å². The number of ether oxygens (including phenoxy) is 1. The zero-order valence-electron chi connectivity index (χ0n) is 9.69. The molecule has 0 aliphatic carbocycles. The molecule has 2 aromatic carbocycles. The molecule has 3 heteroatoms. The number of halogens is 1. The lowest BCUT2D eigenvalue weighted by molar-refractivity contribution is 0.306. The SMILES string of the molecule is Clc1ccc(COc2ccc3cc[nH]c3c2)cc1. The van der Waals surface area contributed by atoms with Gasteiger partial charge < -0.3 is 9.72 Å². The van der Waals surface area contributed by atoms with Gasteiger partial charge in [-0.15, -0.1) is 0 Å². The summed E-state index contributed by atoms with van der Waals surface area (Å²) in [5.41, 5.74) is 2.19. The Morgan fingerprint density at radius 1 is 1.00 bits per heavy atom. The lowest BCUT2D eigenvalue weighted by Crippen LogP contribution is -1.94. The highest BCUT2D eigenvalue weighted by Crippen LogP contribution is 2.20. The maximum atomic E-state index is 5.84. The molecule has 0 amide bonds. The van der Waals surface area contributed by atoms with Gasteiger partial charge in [-0.25, -0.2) is 0 Å². The van der Waals surface area contributed by atoms with Crippen molar-refractivity contribution in [3.05, 3.63) is 65.3 Å². The fraction of sp³-hybridized carbons (Fsp3) is 0.0667. The summed E-state index contributed by atoms with van der Waals surface area (Å²) < 4.78 is 5.75. The van der Waals surface area contributed by atoms with Gasteiger partial charge in [0.2, 0.25) is 0 Å². The van der Waals surface area contributed by atoms with E-state index in [-0.39, 0.29) is 0 Å². The summed E-state index contributed by atoms with van der Waals surface area (Å²) in [7, 11) is 0. The smallest absolute Gasteiger partial charge is 0.121 e. The zero-order valence-corrected chi connectivity index (χ0v) is 10.4. The zero-order chi connectivity index (χ0) is 12.4. The van der Waals surface area contributed by atoms with Gasteiger partial charge in [-0.3, -0.25) is 0 Å². The number of hydrogen-bond donors (Lipinski definition) is 1. The minimum Gasteiger partial charge on any atom is -0.489 e. The summed E-state index contributed by atoms with van der Waals surface area (Å²) in [6, 6.07) is 15.7. The molecule has 0 aliphatic rings. The van der Waals surface area contributed by atoms with Crippen LogP contribution < -0.4 is 4.74 Å². The first-order valence-electron chi connectivity index (χ1n) is 5.76.